The van der Waals surface area contributed by atoms with Crippen LogP contribution in [0, 0.1) is 11.7 Å². The van der Waals surface area contributed by atoms with Crippen LogP contribution in [-0.2, 0) is 11.2 Å². The lowest BCUT2D eigenvalue weighted by Gasteiger charge is -2.09. The first kappa shape index (κ1) is 11.9. The van der Waals surface area contributed by atoms with E-state index in [1.165, 1.54) is 6.07 Å². The van der Waals surface area contributed by atoms with Crippen LogP contribution in [0.4, 0.5) is 4.39 Å². The SMILES string of the molecule is O=C(Cc1c(F)cccc1Cl)C1CCSC1. The predicted molar refractivity (Wildman–Crippen MR) is 65.6 cm³/mol. The van der Waals surface area contributed by atoms with Crippen molar-refractivity contribution < 1.29 is 9.18 Å². The van der Waals surface area contributed by atoms with Crippen LogP contribution in [0.25, 0.3) is 0 Å². The molecule has 2 rings (SSSR count). The Balaban J connectivity index is 2.11. The highest BCUT2D eigenvalue weighted by atomic mass is 35.5. The summed E-state index contributed by atoms with van der Waals surface area (Å²) in [5, 5.41) is 0.346. The van der Waals surface area contributed by atoms with Crippen LogP contribution in [0.1, 0.15) is 12.0 Å². The summed E-state index contributed by atoms with van der Waals surface area (Å²) in [5.74, 6) is 1.70. The van der Waals surface area contributed by atoms with Crippen molar-refractivity contribution in [2.45, 2.75) is 12.8 Å². The van der Waals surface area contributed by atoms with Crippen LogP contribution >= 0.6 is 23.4 Å². The molecule has 1 atom stereocenters. The zero-order chi connectivity index (χ0) is 11.5. The Labute approximate surface area is 103 Å². The van der Waals surface area contributed by atoms with Gasteiger partial charge in [-0.2, -0.15) is 11.8 Å². The van der Waals surface area contributed by atoms with Gasteiger partial charge in [0.25, 0.3) is 0 Å². The maximum Gasteiger partial charge on any atom is 0.141 e. The molecular weight excluding hydrogens is 247 g/mol. The van der Waals surface area contributed by atoms with Gasteiger partial charge < -0.3 is 0 Å². The number of halogens is 2. The monoisotopic (exact) mass is 258 g/mol. The van der Waals surface area contributed by atoms with Crippen LogP contribution in [0.3, 0.4) is 0 Å². The highest BCUT2D eigenvalue weighted by Crippen LogP contribution is 2.27. The van der Waals surface area contributed by atoms with E-state index in [9.17, 15) is 9.18 Å². The zero-order valence-electron chi connectivity index (χ0n) is 8.71. The number of ketones is 1. The number of hydrogen-bond acceptors (Lipinski definition) is 2. The Morgan fingerprint density at radius 2 is 2.38 bits per heavy atom. The number of carbonyl (C=O) groups is 1. The van der Waals surface area contributed by atoms with E-state index in [-0.39, 0.29) is 23.9 Å². The van der Waals surface area contributed by atoms with Crippen molar-refractivity contribution in [2.75, 3.05) is 11.5 Å². The molecule has 0 N–H and O–H groups in total. The largest absolute Gasteiger partial charge is 0.299 e. The Hall–Kier alpha value is -0.540. The second kappa shape index (κ2) is 5.19. The number of benzene rings is 1. The number of rotatable bonds is 3. The van der Waals surface area contributed by atoms with Gasteiger partial charge >= 0.3 is 0 Å². The van der Waals surface area contributed by atoms with E-state index >= 15 is 0 Å². The van der Waals surface area contributed by atoms with Gasteiger partial charge in [0, 0.05) is 28.7 Å². The van der Waals surface area contributed by atoms with Gasteiger partial charge in [-0.15, -0.1) is 0 Å². The second-order valence-electron chi connectivity index (χ2n) is 3.90. The van der Waals surface area contributed by atoms with Gasteiger partial charge in [-0.25, -0.2) is 4.39 Å². The first-order valence-corrected chi connectivity index (χ1v) is 6.75. The van der Waals surface area contributed by atoms with E-state index in [0.717, 1.165) is 17.9 Å². The highest BCUT2D eigenvalue weighted by molar-refractivity contribution is 7.99. The van der Waals surface area contributed by atoms with Gasteiger partial charge in [0.1, 0.15) is 11.6 Å². The predicted octanol–water partition coefficient (Wildman–Crippen LogP) is 3.34. The summed E-state index contributed by atoms with van der Waals surface area (Å²) in [6.45, 7) is 0. The molecule has 1 fully saturated rings. The van der Waals surface area contributed by atoms with Crippen LogP contribution in [-0.4, -0.2) is 17.3 Å². The van der Waals surface area contributed by atoms with Crippen molar-refractivity contribution in [3.63, 3.8) is 0 Å². The lowest BCUT2D eigenvalue weighted by molar-refractivity contribution is -0.121. The molecule has 0 saturated carbocycles. The third kappa shape index (κ3) is 2.58. The second-order valence-corrected chi connectivity index (χ2v) is 5.46. The van der Waals surface area contributed by atoms with Gasteiger partial charge in [0.05, 0.1) is 0 Å². The topological polar surface area (TPSA) is 17.1 Å². The van der Waals surface area contributed by atoms with E-state index in [2.05, 4.69) is 0 Å². The molecule has 16 heavy (non-hydrogen) atoms. The molecule has 1 aromatic carbocycles. The summed E-state index contributed by atoms with van der Waals surface area (Å²) < 4.78 is 13.5. The van der Waals surface area contributed by atoms with Crippen molar-refractivity contribution in [3.05, 3.63) is 34.6 Å². The highest BCUT2D eigenvalue weighted by Gasteiger charge is 2.24. The van der Waals surface area contributed by atoms with E-state index in [1.807, 2.05) is 0 Å². The Bertz CT molecular complexity index is 382. The molecule has 1 unspecified atom stereocenters. The van der Waals surface area contributed by atoms with Crippen molar-refractivity contribution in [3.8, 4) is 0 Å². The summed E-state index contributed by atoms with van der Waals surface area (Å²) in [6, 6.07) is 4.52. The third-order valence-corrected chi connectivity index (χ3v) is 4.31. The molecule has 0 amide bonds. The average Bonchev–Trinajstić information content (AvgIpc) is 2.76. The Morgan fingerprint density at radius 1 is 1.56 bits per heavy atom. The molecule has 0 radical (unpaired) electrons. The Kier molecular flexibility index (Phi) is 3.87. The van der Waals surface area contributed by atoms with Gasteiger partial charge in [-0.3, -0.25) is 4.79 Å². The fourth-order valence-electron chi connectivity index (χ4n) is 1.81. The molecular formula is C12H12ClFOS. The van der Waals surface area contributed by atoms with E-state index in [1.54, 1.807) is 23.9 Å². The van der Waals surface area contributed by atoms with E-state index in [4.69, 9.17) is 11.6 Å². The zero-order valence-corrected chi connectivity index (χ0v) is 10.3. The van der Waals surface area contributed by atoms with E-state index < -0.39 is 0 Å². The first-order valence-electron chi connectivity index (χ1n) is 5.22. The third-order valence-electron chi connectivity index (χ3n) is 2.80. The minimum absolute atomic E-state index is 0.0840. The summed E-state index contributed by atoms with van der Waals surface area (Å²) in [7, 11) is 0. The summed E-state index contributed by atoms with van der Waals surface area (Å²) >= 11 is 7.66. The standard InChI is InChI=1S/C12H12ClFOS/c13-10-2-1-3-11(14)9(10)6-12(15)8-4-5-16-7-8/h1-3,8H,4-7H2. The minimum Gasteiger partial charge on any atom is -0.299 e. The fraction of sp³-hybridized carbons (Fsp3) is 0.417. The van der Waals surface area contributed by atoms with Gasteiger partial charge in [-0.1, -0.05) is 17.7 Å². The Morgan fingerprint density at radius 3 is 3.00 bits per heavy atom. The smallest absolute Gasteiger partial charge is 0.141 e. The number of thioether (sulfide) groups is 1. The summed E-state index contributed by atoms with van der Waals surface area (Å²) in [4.78, 5) is 11.9. The molecule has 0 aromatic heterocycles. The molecule has 86 valence electrons. The quantitative estimate of drug-likeness (QED) is 0.827. The van der Waals surface area contributed by atoms with Gasteiger partial charge in [-0.05, 0) is 24.3 Å². The van der Waals surface area contributed by atoms with Crippen LogP contribution in [0.15, 0.2) is 18.2 Å². The molecule has 0 aliphatic carbocycles. The van der Waals surface area contributed by atoms with Crippen LogP contribution in [0.5, 0.6) is 0 Å². The van der Waals surface area contributed by atoms with Crippen LogP contribution in [0.2, 0.25) is 5.02 Å². The fourth-order valence-corrected chi connectivity index (χ4v) is 3.29. The molecule has 1 nitrogen and oxygen atoms in total. The summed E-state index contributed by atoms with van der Waals surface area (Å²) in [6.07, 6.45) is 1.03. The first-order chi connectivity index (χ1) is 7.68. The lowest BCUT2D eigenvalue weighted by Crippen LogP contribution is -2.17. The molecule has 1 saturated heterocycles. The average molecular weight is 259 g/mol. The molecule has 1 aliphatic rings. The lowest BCUT2D eigenvalue weighted by atomic mass is 9.97. The minimum atomic E-state index is -0.383. The normalized spacial score (nSPS) is 20.0. The molecule has 0 spiro atoms. The molecule has 1 aliphatic heterocycles. The molecule has 4 heteroatoms. The molecule has 1 aromatic rings. The maximum atomic E-state index is 13.5. The number of carbonyl (C=O) groups excluding carboxylic acids is 1. The van der Waals surface area contributed by atoms with Crippen molar-refractivity contribution in [2.24, 2.45) is 5.92 Å². The van der Waals surface area contributed by atoms with Crippen molar-refractivity contribution >= 4 is 29.1 Å². The van der Waals surface area contributed by atoms with Crippen molar-refractivity contribution in [1.82, 2.24) is 0 Å². The van der Waals surface area contributed by atoms with Gasteiger partial charge in [0.15, 0.2) is 0 Å². The summed E-state index contributed by atoms with van der Waals surface area (Å²) in [5.41, 5.74) is 0.339. The van der Waals surface area contributed by atoms with Crippen molar-refractivity contribution in [1.29, 1.82) is 0 Å². The number of Topliss-reactive ketones (excluding diaryl/α,β-unsaturated/α-hetero) is 1. The molecule has 1 heterocycles. The maximum absolute atomic E-state index is 13.5. The van der Waals surface area contributed by atoms with Crippen LogP contribution < -0.4 is 0 Å². The number of hydrogen-bond donors (Lipinski definition) is 0. The van der Waals surface area contributed by atoms with E-state index in [0.29, 0.717) is 10.6 Å². The van der Waals surface area contributed by atoms with Gasteiger partial charge in [0.2, 0.25) is 0 Å². The molecule has 0 bridgehead atoms.